The molecule has 0 spiro atoms. The lowest BCUT2D eigenvalue weighted by Crippen LogP contribution is -2.31. The van der Waals surface area contributed by atoms with Crippen LogP contribution in [-0.2, 0) is 38.1 Å². The normalized spacial score (nSPS) is 16.6. The van der Waals surface area contributed by atoms with E-state index in [1.165, 1.54) is 28.4 Å². The van der Waals surface area contributed by atoms with Gasteiger partial charge < -0.3 is 18.9 Å². The molecule has 0 aliphatic heterocycles. The second kappa shape index (κ2) is 11.8. The van der Waals surface area contributed by atoms with E-state index in [0.717, 1.165) is 33.9 Å². The van der Waals surface area contributed by atoms with Gasteiger partial charge in [0.05, 0.1) is 45.2 Å². The molecule has 0 amide bonds. The van der Waals surface area contributed by atoms with Gasteiger partial charge in [0.2, 0.25) is 0 Å². The number of aryl methyl sites for hydroxylation is 3. The molecule has 0 N–H and O–H groups in total. The van der Waals surface area contributed by atoms with Gasteiger partial charge in [-0.2, -0.15) is 0 Å². The zero-order valence-corrected chi connectivity index (χ0v) is 24.1. The number of esters is 4. The summed E-state index contributed by atoms with van der Waals surface area (Å²) in [6.45, 7) is 5.89. The van der Waals surface area contributed by atoms with Crippen LogP contribution in [0.4, 0.5) is 0 Å². The van der Waals surface area contributed by atoms with Crippen molar-refractivity contribution in [3.8, 4) is 11.1 Å². The lowest BCUT2D eigenvalue weighted by Gasteiger charge is -2.36. The molecule has 3 aliphatic rings. The second-order valence-electron chi connectivity index (χ2n) is 9.91. The molecular formula is C33H32O8. The minimum absolute atomic E-state index is 0.00823. The smallest absolute Gasteiger partial charge is 0.339 e. The summed E-state index contributed by atoms with van der Waals surface area (Å²) < 4.78 is 20.5. The third-order valence-corrected chi connectivity index (χ3v) is 7.50. The van der Waals surface area contributed by atoms with Gasteiger partial charge in [-0.15, -0.1) is 0 Å². The highest BCUT2D eigenvalue weighted by molar-refractivity contribution is 6.26. The number of ether oxygens (including phenoxy) is 4. The predicted octanol–water partition coefficient (Wildman–Crippen LogP) is 4.97. The zero-order valence-electron chi connectivity index (χ0n) is 24.1. The van der Waals surface area contributed by atoms with Gasteiger partial charge in [-0.3, -0.25) is 0 Å². The van der Waals surface area contributed by atoms with E-state index in [1.54, 1.807) is 24.3 Å². The lowest BCUT2D eigenvalue weighted by molar-refractivity contribution is -0.139. The van der Waals surface area contributed by atoms with E-state index < -0.39 is 35.7 Å². The third kappa shape index (κ3) is 5.13. The van der Waals surface area contributed by atoms with Crippen LogP contribution in [0.1, 0.15) is 45.2 Å². The van der Waals surface area contributed by atoms with Crippen LogP contribution in [-0.4, -0.2) is 52.3 Å². The zero-order chi connectivity index (χ0) is 30.0. The summed E-state index contributed by atoms with van der Waals surface area (Å²) in [6, 6.07) is 14.9. The Morgan fingerprint density at radius 1 is 0.732 bits per heavy atom. The van der Waals surface area contributed by atoms with Crippen molar-refractivity contribution in [3.63, 3.8) is 0 Å². The Morgan fingerprint density at radius 2 is 1.37 bits per heavy atom. The first-order valence-corrected chi connectivity index (χ1v) is 13.0. The molecule has 0 saturated heterocycles. The van der Waals surface area contributed by atoms with Crippen molar-refractivity contribution < 1.29 is 38.1 Å². The minimum Gasteiger partial charge on any atom is -0.466 e. The highest BCUT2D eigenvalue weighted by Crippen LogP contribution is 2.57. The highest BCUT2D eigenvalue weighted by atomic mass is 16.5. The number of rotatable bonds is 6. The van der Waals surface area contributed by atoms with Gasteiger partial charge in [-0.1, -0.05) is 48.0 Å². The van der Waals surface area contributed by atoms with Crippen LogP contribution < -0.4 is 0 Å². The Hall–Kier alpha value is -4.72. The van der Waals surface area contributed by atoms with E-state index in [4.69, 9.17) is 18.9 Å². The van der Waals surface area contributed by atoms with Gasteiger partial charge in [-0.05, 0) is 65.8 Å². The largest absolute Gasteiger partial charge is 0.466 e. The number of carbonyl (C=O) groups is 4. The fraction of sp³-hybridized carbons (Fsp3) is 0.273. The Morgan fingerprint density at radius 3 is 1.95 bits per heavy atom. The molecule has 0 heterocycles. The first-order chi connectivity index (χ1) is 19.6. The fourth-order valence-corrected chi connectivity index (χ4v) is 5.94. The first kappa shape index (κ1) is 29.3. The molecule has 0 aromatic heterocycles. The Labute approximate surface area is 238 Å². The van der Waals surface area contributed by atoms with Gasteiger partial charge in [0.15, 0.2) is 0 Å². The Kier molecular flexibility index (Phi) is 8.42. The van der Waals surface area contributed by atoms with Gasteiger partial charge in [0, 0.05) is 17.9 Å². The van der Waals surface area contributed by atoms with Gasteiger partial charge in [0.1, 0.15) is 0 Å². The molecule has 3 aliphatic carbocycles. The SMILES string of the molecule is COC(=O)/C=C(\C(=O)OC)[C@H]1c2c(cc3c(C)cc(C)cc(C)c2-3)C(C(=O)OC)=C(C(=O)OC)[C@@H]1c1ccccc1. The van der Waals surface area contributed by atoms with E-state index in [-0.39, 0.29) is 16.7 Å². The summed E-state index contributed by atoms with van der Waals surface area (Å²) in [7, 11) is 4.89. The van der Waals surface area contributed by atoms with E-state index in [9.17, 15) is 19.2 Å². The molecule has 41 heavy (non-hydrogen) atoms. The summed E-state index contributed by atoms with van der Waals surface area (Å²) in [5.74, 6) is -4.92. The van der Waals surface area contributed by atoms with E-state index in [2.05, 4.69) is 0 Å². The summed E-state index contributed by atoms with van der Waals surface area (Å²) in [6.07, 6.45) is 1.09. The van der Waals surface area contributed by atoms with Crippen LogP contribution in [0.3, 0.4) is 0 Å². The maximum Gasteiger partial charge on any atom is 0.339 e. The molecule has 0 radical (unpaired) electrons. The maximum atomic E-state index is 13.6. The predicted molar refractivity (Wildman–Crippen MR) is 152 cm³/mol. The van der Waals surface area contributed by atoms with Gasteiger partial charge >= 0.3 is 23.9 Å². The first-order valence-electron chi connectivity index (χ1n) is 13.0. The number of hydrogen-bond donors (Lipinski definition) is 0. The summed E-state index contributed by atoms with van der Waals surface area (Å²) >= 11 is 0. The summed E-state index contributed by atoms with van der Waals surface area (Å²) in [5, 5.41) is 0. The molecule has 0 fully saturated rings. The van der Waals surface area contributed by atoms with Crippen molar-refractivity contribution in [1.29, 1.82) is 0 Å². The molecule has 1 aromatic rings. The van der Waals surface area contributed by atoms with Crippen molar-refractivity contribution in [2.75, 3.05) is 28.4 Å². The van der Waals surface area contributed by atoms with Crippen LogP contribution in [0.2, 0.25) is 0 Å². The van der Waals surface area contributed by atoms with Crippen LogP contribution in [0, 0.1) is 20.8 Å². The molecule has 212 valence electrons. The lowest BCUT2D eigenvalue weighted by atomic mass is 9.66. The van der Waals surface area contributed by atoms with Crippen molar-refractivity contribution >= 4 is 29.5 Å². The number of benzene rings is 1. The van der Waals surface area contributed by atoms with Gasteiger partial charge in [-0.25, -0.2) is 19.2 Å². The third-order valence-electron chi connectivity index (χ3n) is 7.50. The van der Waals surface area contributed by atoms with Crippen molar-refractivity contribution in [2.24, 2.45) is 0 Å². The average Bonchev–Trinajstić information content (AvgIpc) is 3.34. The molecule has 8 heteroatoms. The second-order valence-corrected chi connectivity index (χ2v) is 9.91. The molecule has 8 nitrogen and oxygen atoms in total. The molecule has 4 rings (SSSR count). The van der Waals surface area contributed by atoms with Crippen molar-refractivity contribution in [3.05, 3.63) is 99.1 Å². The molecule has 0 bridgehead atoms. The van der Waals surface area contributed by atoms with Crippen LogP contribution in [0.5, 0.6) is 0 Å². The topological polar surface area (TPSA) is 105 Å². The maximum absolute atomic E-state index is 13.6. The van der Waals surface area contributed by atoms with Crippen LogP contribution >= 0.6 is 0 Å². The number of carbonyl (C=O) groups excluding carboxylic acids is 4. The molecule has 1 aromatic carbocycles. The van der Waals surface area contributed by atoms with Crippen LogP contribution in [0.15, 0.2) is 65.8 Å². The minimum atomic E-state index is -0.945. The Balaban J connectivity index is 2.32. The van der Waals surface area contributed by atoms with E-state index in [1.807, 2.05) is 45.0 Å². The van der Waals surface area contributed by atoms with E-state index in [0.29, 0.717) is 16.7 Å². The summed E-state index contributed by atoms with van der Waals surface area (Å²) in [4.78, 5) is 53.3. The van der Waals surface area contributed by atoms with Gasteiger partial charge in [0.25, 0.3) is 0 Å². The van der Waals surface area contributed by atoms with Crippen molar-refractivity contribution in [1.82, 2.24) is 0 Å². The molecule has 0 unspecified atom stereocenters. The fourth-order valence-electron chi connectivity index (χ4n) is 5.94. The number of fused-ring (bicyclic) bond motifs is 3. The highest BCUT2D eigenvalue weighted by Gasteiger charge is 2.48. The monoisotopic (exact) mass is 556 g/mol. The number of hydrogen-bond acceptors (Lipinski definition) is 8. The quantitative estimate of drug-likeness (QED) is 0.238. The Bertz CT molecular complexity index is 1580. The molecular weight excluding hydrogens is 524 g/mol. The summed E-state index contributed by atoms with van der Waals surface area (Å²) in [5.41, 5.74) is 6.09. The van der Waals surface area contributed by atoms with Crippen LogP contribution in [0.25, 0.3) is 16.7 Å². The average molecular weight is 557 g/mol. The number of methoxy groups -OCH3 is 4. The van der Waals surface area contributed by atoms with Crippen molar-refractivity contribution in [2.45, 2.75) is 32.6 Å². The molecule has 2 atom stereocenters. The standard InChI is InChI=1S/C33H32O8/c1-17-13-18(2)21-15-22-27(25(21)19(3)14-17)28(23(31(35)39-5)16-24(34)38-4)26(20-11-9-8-10-12-20)30(33(37)41-7)29(22)32(36)40-6/h8-16,26,28H,1-7H3/b23-16-/t26-,28-/m1/s1. The van der Waals surface area contributed by atoms with E-state index >= 15 is 0 Å². The molecule has 0 saturated carbocycles.